The molecule has 5 heteroatoms. The van der Waals surface area contributed by atoms with Crippen molar-refractivity contribution in [2.45, 2.75) is 32.3 Å². The van der Waals surface area contributed by atoms with E-state index < -0.39 is 0 Å². The van der Waals surface area contributed by atoms with Crippen LogP contribution in [0.25, 0.3) is 10.9 Å². The third-order valence-corrected chi connectivity index (χ3v) is 4.87. The Kier molecular flexibility index (Phi) is 4.90. The van der Waals surface area contributed by atoms with Gasteiger partial charge in [0.05, 0.1) is 24.1 Å². The topological polar surface area (TPSA) is 55.1 Å². The van der Waals surface area contributed by atoms with Gasteiger partial charge < -0.3 is 9.73 Å². The second-order valence-corrected chi connectivity index (χ2v) is 6.87. The second kappa shape index (κ2) is 7.09. The fourth-order valence-electron chi connectivity index (χ4n) is 2.67. The molecule has 2 heterocycles. The molecule has 4 nitrogen and oxygen atoms in total. The number of furan rings is 1. The summed E-state index contributed by atoms with van der Waals surface area (Å²) in [5.74, 6) is 1.06. The van der Waals surface area contributed by atoms with Crippen LogP contribution in [0.4, 0.5) is 0 Å². The standard InChI is InChI=1S/C19H20N2O2S/c1-12-7-13(2)18-15(8-12)9-14(3)19(21-18)24-11-17(22)20-10-16-5-4-6-23-16/h4-9H,10-11H2,1-3H3,(H,20,22). The number of aryl methyl sites for hydroxylation is 3. The predicted molar refractivity (Wildman–Crippen MR) is 97.2 cm³/mol. The minimum absolute atomic E-state index is 0.0293. The molecular formula is C19H20N2O2S. The van der Waals surface area contributed by atoms with Crippen molar-refractivity contribution in [1.29, 1.82) is 0 Å². The Bertz CT molecular complexity index is 873. The summed E-state index contributed by atoms with van der Waals surface area (Å²) in [4.78, 5) is 16.8. The number of carbonyl (C=O) groups excluding carboxylic acids is 1. The summed E-state index contributed by atoms with van der Waals surface area (Å²) in [6.45, 7) is 6.61. The molecule has 2 aromatic heterocycles. The highest BCUT2D eigenvalue weighted by molar-refractivity contribution is 7.99. The average molecular weight is 340 g/mol. The number of benzene rings is 1. The van der Waals surface area contributed by atoms with Crippen molar-refractivity contribution in [3.05, 3.63) is 59.0 Å². The lowest BCUT2D eigenvalue weighted by atomic mass is 10.1. The molecule has 124 valence electrons. The van der Waals surface area contributed by atoms with Gasteiger partial charge in [0, 0.05) is 5.39 Å². The number of rotatable bonds is 5. The molecule has 0 unspecified atom stereocenters. The van der Waals surface area contributed by atoms with Gasteiger partial charge in [0.2, 0.25) is 5.91 Å². The van der Waals surface area contributed by atoms with Gasteiger partial charge in [-0.05, 0) is 56.2 Å². The summed E-state index contributed by atoms with van der Waals surface area (Å²) in [7, 11) is 0. The van der Waals surface area contributed by atoms with Crippen LogP contribution in [-0.2, 0) is 11.3 Å². The maximum atomic E-state index is 12.0. The Morgan fingerprint density at radius 1 is 1.21 bits per heavy atom. The molecule has 0 fully saturated rings. The first-order chi connectivity index (χ1) is 11.5. The van der Waals surface area contributed by atoms with Gasteiger partial charge in [-0.25, -0.2) is 4.98 Å². The van der Waals surface area contributed by atoms with E-state index in [9.17, 15) is 4.79 Å². The fraction of sp³-hybridized carbons (Fsp3) is 0.263. The van der Waals surface area contributed by atoms with Crippen molar-refractivity contribution in [2.75, 3.05) is 5.75 Å². The molecule has 0 saturated heterocycles. The highest BCUT2D eigenvalue weighted by atomic mass is 32.2. The zero-order chi connectivity index (χ0) is 17.1. The number of nitrogens with one attached hydrogen (secondary N) is 1. The quantitative estimate of drug-likeness (QED) is 0.709. The van der Waals surface area contributed by atoms with Crippen LogP contribution in [0.2, 0.25) is 0 Å². The van der Waals surface area contributed by atoms with Gasteiger partial charge in [-0.1, -0.05) is 23.4 Å². The van der Waals surface area contributed by atoms with Crippen molar-refractivity contribution in [3.8, 4) is 0 Å². The van der Waals surface area contributed by atoms with E-state index >= 15 is 0 Å². The Labute approximate surface area is 145 Å². The molecule has 3 aromatic rings. The van der Waals surface area contributed by atoms with Crippen molar-refractivity contribution >= 4 is 28.6 Å². The summed E-state index contributed by atoms with van der Waals surface area (Å²) in [5.41, 5.74) is 4.49. The zero-order valence-corrected chi connectivity index (χ0v) is 14.9. The summed E-state index contributed by atoms with van der Waals surface area (Å²) >= 11 is 1.47. The lowest BCUT2D eigenvalue weighted by Gasteiger charge is -2.10. The molecule has 0 atom stereocenters. The molecular weight excluding hydrogens is 320 g/mol. The maximum Gasteiger partial charge on any atom is 0.230 e. The SMILES string of the molecule is Cc1cc(C)c2nc(SCC(=O)NCc3ccco3)c(C)cc2c1. The Morgan fingerprint density at radius 3 is 2.79 bits per heavy atom. The third kappa shape index (κ3) is 3.79. The Hall–Kier alpha value is -2.27. The summed E-state index contributed by atoms with van der Waals surface area (Å²) in [6, 6.07) is 10.1. The molecule has 0 spiro atoms. The number of amides is 1. The highest BCUT2D eigenvalue weighted by Gasteiger charge is 2.10. The van der Waals surface area contributed by atoms with Gasteiger partial charge in [0.25, 0.3) is 0 Å². The number of aromatic nitrogens is 1. The first kappa shape index (κ1) is 16.6. The van der Waals surface area contributed by atoms with Crippen molar-refractivity contribution in [3.63, 3.8) is 0 Å². The number of carbonyl (C=O) groups is 1. The number of thioether (sulfide) groups is 1. The van der Waals surface area contributed by atoms with Gasteiger partial charge in [0.1, 0.15) is 10.8 Å². The van der Waals surface area contributed by atoms with Gasteiger partial charge in [0.15, 0.2) is 0 Å². The smallest absolute Gasteiger partial charge is 0.230 e. The van der Waals surface area contributed by atoms with E-state index in [0.29, 0.717) is 12.3 Å². The van der Waals surface area contributed by atoms with Crippen molar-refractivity contribution in [1.82, 2.24) is 10.3 Å². The predicted octanol–water partition coefficient (Wildman–Crippen LogP) is 4.16. The molecule has 0 radical (unpaired) electrons. The molecule has 1 amide bonds. The van der Waals surface area contributed by atoms with Crippen molar-refractivity contribution < 1.29 is 9.21 Å². The molecule has 1 aromatic carbocycles. The molecule has 3 rings (SSSR count). The van der Waals surface area contributed by atoms with Crippen LogP contribution in [0.15, 0.2) is 46.0 Å². The van der Waals surface area contributed by atoms with Crippen LogP contribution in [0.1, 0.15) is 22.5 Å². The molecule has 0 aliphatic heterocycles. The molecule has 1 N–H and O–H groups in total. The largest absolute Gasteiger partial charge is 0.467 e. The third-order valence-electron chi connectivity index (χ3n) is 3.78. The van der Waals surface area contributed by atoms with E-state index in [-0.39, 0.29) is 5.91 Å². The summed E-state index contributed by atoms with van der Waals surface area (Å²) in [6.07, 6.45) is 1.60. The van der Waals surface area contributed by atoms with Gasteiger partial charge in [-0.3, -0.25) is 4.79 Å². The minimum Gasteiger partial charge on any atom is -0.467 e. The monoisotopic (exact) mass is 340 g/mol. The number of hydrogen-bond acceptors (Lipinski definition) is 4. The lowest BCUT2D eigenvalue weighted by Crippen LogP contribution is -2.24. The molecule has 0 aliphatic rings. The van der Waals surface area contributed by atoms with Gasteiger partial charge in [-0.2, -0.15) is 0 Å². The van der Waals surface area contributed by atoms with Crippen LogP contribution in [-0.4, -0.2) is 16.6 Å². The second-order valence-electron chi connectivity index (χ2n) is 5.91. The first-order valence-corrected chi connectivity index (χ1v) is 8.82. The van der Waals surface area contributed by atoms with Gasteiger partial charge in [-0.15, -0.1) is 0 Å². The zero-order valence-electron chi connectivity index (χ0n) is 14.1. The van der Waals surface area contributed by atoms with E-state index in [1.807, 2.05) is 19.1 Å². The van der Waals surface area contributed by atoms with Gasteiger partial charge >= 0.3 is 0 Å². The Balaban J connectivity index is 1.68. The number of hydrogen-bond donors (Lipinski definition) is 1. The van der Waals surface area contributed by atoms with Crippen molar-refractivity contribution in [2.24, 2.45) is 0 Å². The van der Waals surface area contributed by atoms with Crippen LogP contribution < -0.4 is 5.32 Å². The van der Waals surface area contributed by atoms with E-state index in [0.717, 1.165) is 32.8 Å². The maximum absolute atomic E-state index is 12.0. The minimum atomic E-state index is -0.0293. The van der Waals surface area contributed by atoms with E-state index in [2.05, 4.69) is 37.4 Å². The Morgan fingerprint density at radius 2 is 2.04 bits per heavy atom. The number of pyridine rings is 1. The van der Waals surface area contributed by atoms with Crippen LogP contribution >= 0.6 is 11.8 Å². The lowest BCUT2D eigenvalue weighted by molar-refractivity contribution is -0.118. The molecule has 0 aliphatic carbocycles. The summed E-state index contributed by atoms with van der Waals surface area (Å²) < 4.78 is 5.20. The van der Waals surface area contributed by atoms with Crippen LogP contribution in [0.3, 0.4) is 0 Å². The van der Waals surface area contributed by atoms with E-state index in [1.54, 1.807) is 6.26 Å². The van der Waals surface area contributed by atoms with E-state index in [1.165, 1.54) is 17.3 Å². The highest BCUT2D eigenvalue weighted by Crippen LogP contribution is 2.26. The fourth-order valence-corrected chi connectivity index (χ4v) is 3.48. The average Bonchev–Trinajstić information content (AvgIpc) is 3.04. The van der Waals surface area contributed by atoms with Crippen LogP contribution in [0.5, 0.6) is 0 Å². The first-order valence-electron chi connectivity index (χ1n) is 7.83. The summed E-state index contributed by atoms with van der Waals surface area (Å²) in [5, 5.41) is 4.90. The van der Waals surface area contributed by atoms with Crippen LogP contribution in [0, 0.1) is 20.8 Å². The normalized spacial score (nSPS) is 11.0. The number of nitrogens with zero attached hydrogens (tertiary/aromatic N) is 1. The van der Waals surface area contributed by atoms with E-state index in [4.69, 9.17) is 9.40 Å². The molecule has 24 heavy (non-hydrogen) atoms. The molecule has 0 saturated carbocycles. The molecule has 0 bridgehead atoms. The number of fused-ring (bicyclic) bond motifs is 1.